The van der Waals surface area contributed by atoms with Crippen LogP contribution >= 0.6 is 0 Å². The first-order valence-electron chi connectivity index (χ1n) is 7.17. The van der Waals surface area contributed by atoms with E-state index in [0.717, 1.165) is 32.2 Å². The Balaban J connectivity index is 2.91. The number of sulfone groups is 1. The highest BCUT2D eigenvalue weighted by atomic mass is 32.2. The second kappa shape index (κ2) is 5.91. The monoisotopic (exact) mass is 275 g/mol. The minimum absolute atomic E-state index is 0.144. The summed E-state index contributed by atoms with van der Waals surface area (Å²) in [6.07, 6.45) is 3.92. The fourth-order valence-electron chi connectivity index (χ4n) is 2.78. The first-order chi connectivity index (χ1) is 8.20. The molecule has 0 aliphatic heterocycles. The molecule has 4 heteroatoms. The first kappa shape index (κ1) is 16.0. The molecule has 0 aromatic rings. The zero-order valence-electron chi connectivity index (χ0n) is 12.5. The van der Waals surface area contributed by atoms with Gasteiger partial charge in [0.15, 0.2) is 9.84 Å². The quantitative estimate of drug-likeness (QED) is 0.839. The molecule has 108 valence electrons. The van der Waals surface area contributed by atoms with Crippen LogP contribution in [0, 0.1) is 5.41 Å². The minimum atomic E-state index is -3.01. The molecule has 3 nitrogen and oxygen atoms in total. The van der Waals surface area contributed by atoms with Gasteiger partial charge < -0.3 is 5.32 Å². The molecular formula is C14H29NO2S. The van der Waals surface area contributed by atoms with Crippen LogP contribution in [0.25, 0.3) is 0 Å². The maximum Gasteiger partial charge on any atom is 0.157 e. The highest BCUT2D eigenvalue weighted by Crippen LogP contribution is 2.39. The summed E-state index contributed by atoms with van der Waals surface area (Å²) in [6, 6.07) is 0.144. The van der Waals surface area contributed by atoms with Crippen molar-refractivity contribution < 1.29 is 8.42 Å². The Labute approximate surface area is 113 Å². The van der Waals surface area contributed by atoms with Gasteiger partial charge in [0.05, 0.1) is 10.5 Å². The molecule has 1 aliphatic rings. The molecule has 18 heavy (non-hydrogen) atoms. The predicted octanol–water partition coefficient (Wildman–Crippen LogP) is 2.76. The van der Waals surface area contributed by atoms with Gasteiger partial charge >= 0.3 is 0 Å². The van der Waals surface area contributed by atoms with Crippen molar-refractivity contribution in [1.29, 1.82) is 0 Å². The lowest BCUT2D eigenvalue weighted by molar-refractivity contribution is 0.208. The summed E-state index contributed by atoms with van der Waals surface area (Å²) in [4.78, 5) is 0. The van der Waals surface area contributed by atoms with Gasteiger partial charge in [-0.15, -0.1) is 0 Å². The van der Waals surface area contributed by atoms with Crippen molar-refractivity contribution in [3.05, 3.63) is 0 Å². The molecule has 1 fully saturated rings. The van der Waals surface area contributed by atoms with E-state index in [1.165, 1.54) is 0 Å². The van der Waals surface area contributed by atoms with Crippen LogP contribution in [0.1, 0.15) is 60.3 Å². The Hall–Kier alpha value is -0.0900. The second-order valence-corrected chi connectivity index (χ2v) is 9.37. The second-order valence-electron chi connectivity index (χ2n) is 6.64. The molecule has 0 radical (unpaired) electrons. The van der Waals surface area contributed by atoms with Crippen LogP contribution in [0.3, 0.4) is 0 Å². The predicted molar refractivity (Wildman–Crippen MR) is 77.6 cm³/mol. The maximum absolute atomic E-state index is 12.5. The SMILES string of the molecule is CCCNC1CCC(C)(C)CC1S(=O)(=O)C(C)C. The Morgan fingerprint density at radius 3 is 2.44 bits per heavy atom. The van der Waals surface area contributed by atoms with Crippen LogP contribution in [0.15, 0.2) is 0 Å². The van der Waals surface area contributed by atoms with Gasteiger partial charge in [-0.2, -0.15) is 0 Å². The lowest BCUT2D eigenvalue weighted by Gasteiger charge is -2.41. The van der Waals surface area contributed by atoms with E-state index in [1.54, 1.807) is 13.8 Å². The summed E-state index contributed by atoms with van der Waals surface area (Å²) < 4.78 is 25.0. The summed E-state index contributed by atoms with van der Waals surface area (Å²) in [5.74, 6) is 0. The van der Waals surface area contributed by atoms with Crippen LogP contribution in [0.4, 0.5) is 0 Å². The van der Waals surface area contributed by atoms with Gasteiger partial charge in [0.25, 0.3) is 0 Å². The molecule has 0 spiro atoms. The van der Waals surface area contributed by atoms with E-state index < -0.39 is 9.84 Å². The molecule has 1 saturated carbocycles. The van der Waals surface area contributed by atoms with Crippen LogP contribution < -0.4 is 5.32 Å². The van der Waals surface area contributed by atoms with Gasteiger partial charge in [-0.1, -0.05) is 20.8 Å². The third kappa shape index (κ3) is 3.70. The van der Waals surface area contributed by atoms with Crippen molar-refractivity contribution in [2.24, 2.45) is 5.41 Å². The Bertz CT molecular complexity index is 360. The van der Waals surface area contributed by atoms with E-state index in [2.05, 4.69) is 26.1 Å². The molecule has 1 aliphatic carbocycles. The molecule has 1 rings (SSSR count). The van der Waals surface area contributed by atoms with Gasteiger partial charge in [0.2, 0.25) is 0 Å². The van der Waals surface area contributed by atoms with E-state index in [0.29, 0.717) is 0 Å². The lowest BCUT2D eigenvalue weighted by atomic mass is 9.75. The first-order valence-corrected chi connectivity index (χ1v) is 8.78. The molecule has 0 aromatic heterocycles. The van der Waals surface area contributed by atoms with Crippen LogP contribution in [0.5, 0.6) is 0 Å². The fourth-order valence-corrected chi connectivity index (χ4v) is 4.85. The van der Waals surface area contributed by atoms with Gasteiger partial charge in [0.1, 0.15) is 0 Å². The highest BCUT2D eigenvalue weighted by molar-refractivity contribution is 7.92. The largest absolute Gasteiger partial charge is 0.313 e. The average molecular weight is 275 g/mol. The molecule has 0 amide bonds. The molecule has 0 saturated heterocycles. The van der Waals surface area contributed by atoms with Crippen LogP contribution in [0.2, 0.25) is 0 Å². The van der Waals surface area contributed by atoms with E-state index in [-0.39, 0.29) is 22.0 Å². The molecular weight excluding hydrogens is 246 g/mol. The summed E-state index contributed by atoms with van der Waals surface area (Å²) in [7, 11) is -3.01. The molecule has 2 atom stereocenters. The molecule has 2 unspecified atom stereocenters. The highest BCUT2D eigenvalue weighted by Gasteiger charge is 2.42. The van der Waals surface area contributed by atoms with Crippen molar-refractivity contribution in [3.8, 4) is 0 Å². The van der Waals surface area contributed by atoms with E-state index in [4.69, 9.17) is 0 Å². The summed E-state index contributed by atoms with van der Waals surface area (Å²) in [5.41, 5.74) is 0.150. The third-order valence-electron chi connectivity index (χ3n) is 4.07. The zero-order valence-corrected chi connectivity index (χ0v) is 13.3. The van der Waals surface area contributed by atoms with Crippen LogP contribution in [-0.4, -0.2) is 31.5 Å². The van der Waals surface area contributed by atoms with E-state index in [9.17, 15) is 8.42 Å². The summed E-state index contributed by atoms with van der Waals surface area (Å²) >= 11 is 0. The Morgan fingerprint density at radius 1 is 1.33 bits per heavy atom. The Kier molecular flexibility index (Phi) is 5.24. The minimum Gasteiger partial charge on any atom is -0.313 e. The third-order valence-corrected chi connectivity index (χ3v) is 6.72. The zero-order chi connectivity index (χ0) is 14.0. The summed E-state index contributed by atoms with van der Waals surface area (Å²) in [6.45, 7) is 11.0. The van der Waals surface area contributed by atoms with Crippen molar-refractivity contribution in [2.45, 2.75) is 76.8 Å². The standard InChI is InChI=1S/C14H29NO2S/c1-6-9-15-12-7-8-14(4,5)10-13(12)18(16,17)11(2)3/h11-13,15H,6-10H2,1-5H3. The Morgan fingerprint density at radius 2 is 1.94 bits per heavy atom. The normalized spacial score (nSPS) is 28.6. The lowest BCUT2D eigenvalue weighted by Crippen LogP contribution is -2.51. The topological polar surface area (TPSA) is 46.2 Å². The average Bonchev–Trinajstić information content (AvgIpc) is 2.26. The van der Waals surface area contributed by atoms with Crippen molar-refractivity contribution in [2.75, 3.05) is 6.54 Å². The molecule has 0 aromatic carbocycles. The van der Waals surface area contributed by atoms with Crippen molar-refractivity contribution >= 4 is 9.84 Å². The van der Waals surface area contributed by atoms with E-state index in [1.807, 2.05) is 0 Å². The van der Waals surface area contributed by atoms with Gasteiger partial charge in [-0.05, 0) is 51.5 Å². The van der Waals surface area contributed by atoms with Gasteiger partial charge in [-0.3, -0.25) is 0 Å². The number of nitrogens with one attached hydrogen (secondary N) is 1. The van der Waals surface area contributed by atoms with E-state index >= 15 is 0 Å². The fraction of sp³-hybridized carbons (Fsp3) is 1.00. The number of hydrogen-bond acceptors (Lipinski definition) is 3. The van der Waals surface area contributed by atoms with Gasteiger partial charge in [0, 0.05) is 6.04 Å². The number of hydrogen-bond donors (Lipinski definition) is 1. The smallest absolute Gasteiger partial charge is 0.157 e. The molecule has 1 N–H and O–H groups in total. The molecule has 0 heterocycles. The van der Waals surface area contributed by atoms with Gasteiger partial charge in [-0.25, -0.2) is 8.42 Å². The summed E-state index contributed by atoms with van der Waals surface area (Å²) in [5, 5.41) is 2.95. The number of rotatable bonds is 5. The molecule has 0 bridgehead atoms. The maximum atomic E-state index is 12.5. The van der Waals surface area contributed by atoms with Crippen LogP contribution in [-0.2, 0) is 9.84 Å². The van der Waals surface area contributed by atoms with Crippen molar-refractivity contribution in [3.63, 3.8) is 0 Å². The van der Waals surface area contributed by atoms with Crippen molar-refractivity contribution in [1.82, 2.24) is 5.32 Å².